The zero-order valence-electron chi connectivity index (χ0n) is 16.0. The summed E-state index contributed by atoms with van der Waals surface area (Å²) in [6.07, 6.45) is -3.61. The molecule has 3 rings (SSSR count). The quantitative estimate of drug-likeness (QED) is 0.765. The van der Waals surface area contributed by atoms with Gasteiger partial charge in [0, 0.05) is 43.7 Å². The molecular formula is C22H23F3N2O2. The highest BCUT2D eigenvalue weighted by Crippen LogP contribution is 2.32. The standard InChI is InChI=1S/C22H23F3N2O2/c23-22(24,25)19-5-7-20(8-6-19)29-21-9-4-17(15-18(21)16-26)3-1-2-10-27-11-13-28-14-12-27/h4-9,15H,2,10-14,16,26H2. The van der Waals surface area contributed by atoms with E-state index in [-0.39, 0.29) is 6.54 Å². The van der Waals surface area contributed by atoms with Crippen LogP contribution in [-0.2, 0) is 17.5 Å². The fraction of sp³-hybridized carbons (Fsp3) is 0.364. The molecule has 2 aromatic carbocycles. The smallest absolute Gasteiger partial charge is 0.416 e. The van der Waals surface area contributed by atoms with E-state index in [9.17, 15) is 13.2 Å². The Morgan fingerprint density at radius 2 is 1.79 bits per heavy atom. The van der Waals surface area contributed by atoms with Gasteiger partial charge in [-0.1, -0.05) is 11.8 Å². The largest absolute Gasteiger partial charge is 0.457 e. The van der Waals surface area contributed by atoms with E-state index in [1.54, 1.807) is 6.07 Å². The average molecular weight is 404 g/mol. The summed E-state index contributed by atoms with van der Waals surface area (Å²) in [5.41, 5.74) is 6.66. The first kappa shape index (κ1) is 21.2. The van der Waals surface area contributed by atoms with Crippen molar-refractivity contribution < 1.29 is 22.6 Å². The predicted octanol–water partition coefficient (Wildman–Crippen LogP) is 4.03. The molecule has 0 unspecified atom stereocenters. The molecule has 1 heterocycles. The molecule has 2 N–H and O–H groups in total. The lowest BCUT2D eigenvalue weighted by atomic mass is 10.1. The van der Waals surface area contributed by atoms with E-state index in [0.29, 0.717) is 11.5 Å². The maximum Gasteiger partial charge on any atom is 0.416 e. The predicted molar refractivity (Wildman–Crippen MR) is 105 cm³/mol. The van der Waals surface area contributed by atoms with Crippen molar-refractivity contribution in [1.82, 2.24) is 4.90 Å². The second-order valence-electron chi connectivity index (χ2n) is 6.66. The van der Waals surface area contributed by atoms with Gasteiger partial charge in [-0.2, -0.15) is 13.2 Å². The molecule has 7 heteroatoms. The Morgan fingerprint density at radius 1 is 1.07 bits per heavy atom. The topological polar surface area (TPSA) is 47.7 Å². The number of nitrogens with zero attached hydrogens (tertiary/aromatic N) is 1. The lowest BCUT2D eigenvalue weighted by Crippen LogP contribution is -2.36. The van der Waals surface area contributed by atoms with Crippen LogP contribution in [0, 0.1) is 11.8 Å². The van der Waals surface area contributed by atoms with Gasteiger partial charge in [-0.3, -0.25) is 4.90 Å². The van der Waals surface area contributed by atoms with Gasteiger partial charge in [0.15, 0.2) is 0 Å². The molecule has 0 amide bonds. The average Bonchev–Trinajstić information content (AvgIpc) is 2.72. The van der Waals surface area contributed by atoms with Gasteiger partial charge >= 0.3 is 6.18 Å². The Kier molecular flexibility index (Phi) is 7.15. The number of halogens is 3. The molecule has 1 fully saturated rings. The van der Waals surface area contributed by atoms with E-state index in [2.05, 4.69) is 16.7 Å². The summed E-state index contributed by atoms with van der Waals surface area (Å²) in [6.45, 7) is 4.57. The number of hydrogen-bond donors (Lipinski definition) is 1. The minimum absolute atomic E-state index is 0.235. The summed E-state index contributed by atoms with van der Waals surface area (Å²) in [6, 6.07) is 9.98. The fourth-order valence-electron chi connectivity index (χ4n) is 2.96. The van der Waals surface area contributed by atoms with Gasteiger partial charge in [0.2, 0.25) is 0 Å². The summed E-state index contributed by atoms with van der Waals surface area (Å²) in [5.74, 6) is 7.12. The van der Waals surface area contributed by atoms with E-state index < -0.39 is 11.7 Å². The van der Waals surface area contributed by atoms with Gasteiger partial charge in [0.1, 0.15) is 11.5 Å². The first-order valence-electron chi connectivity index (χ1n) is 9.43. The van der Waals surface area contributed by atoms with Gasteiger partial charge < -0.3 is 15.2 Å². The Labute approximate surface area is 168 Å². The molecular weight excluding hydrogens is 381 g/mol. The van der Waals surface area contributed by atoms with Gasteiger partial charge in [0.25, 0.3) is 0 Å². The molecule has 0 atom stereocenters. The van der Waals surface area contributed by atoms with Crippen LogP contribution in [0.2, 0.25) is 0 Å². The first-order chi connectivity index (χ1) is 14.0. The van der Waals surface area contributed by atoms with E-state index in [0.717, 1.165) is 62.5 Å². The molecule has 0 bridgehead atoms. The lowest BCUT2D eigenvalue weighted by molar-refractivity contribution is -0.137. The van der Waals surface area contributed by atoms with Crippen molar-refractivity contribution in [1.29, 1.82) is 0 Å². The number of hydrogen-bond acceptors (Lipinski definition) is 4. The third-order valence-electron chi connectivity index (χ3n) is 4.58. The molecule has 0 aliphatic carbocycles. The zero-order chi connectivity index (χ0) is 20.7. The van der Waals surface area contributed by atoms with Crippen molar-refractivity contribution in [3.8, 4) is 23.3 Å². The molecule has 154 valence electrons. The Morgan fingerprint density at radius 3 is 2.45 bits per heavy atom. The highest BCUT2D eigenvalue weighted by atomic mass is 19.4. The monoisotopic (exact) mass is 404 g/mol. The van der Waals surface area contributed by atoms with Crippen LogP contribution < -0.4 is 10.5 Å². The van der Waals surface area contributed by atoms with Gasteiger partial charge in [0.05, 0.1) is 18.8 Å². The van der Waals surface area contributed by atoms with Crippen LogP contribution in [0.5, 0.6) is 11.5 Å². The first-order valence-corrected chi connectivity index (χ1v) is 9.43. The van der Waals surface area contributed by atoms with Crippen molar-refractivity contribution >= 4 is 0 Å². The van der Waals surface area contributed by atoms with E-state index >= 15 is 0 Å². The van der Waals surface area contributed by atoms with Gasteiger partial charge in [-0.25, -0.2) is 0 Å². The third-order valence-corrected chi connectivity index (χ3v) is 4.58. The molecule has 1 saturated heterocycles. The van der Waals surface area contributed by atoms with E-state index in [4.69, 9.17) is 15.2 Å². The van der Waals surface area contributed by atoms with Crippen molar-refractivity contribution in [3.05, 3.63) is 59.2 Å². The Balaban J connectivity index is 1.62. The molecule has 0 radical (unpaired) electrons. The van der Waals surface area contributed by atoms with Crippen LogP contribution in [0.1, 0.15) is 23.1 Å². The second-order valence-corrected chi connectivity index (χ2v) is 6.66. The van der Waals surface area contributed by atoms with Gasteiger partial charge in [-0.05, 0) is 42.5 Å². The minimum atomic E-state index is -4.37. The van der Waals surface area contributed by atoms with E-state index in [1.807, 2.05) is 12.1 Å². The highest BCUT2D eigenvalue weighted by Gasteiger charge is 2.30. The van der Waals surface area contributed by atoms with Crippen LogP contribution in [0.25, 0.3) is 0 Å². The van der Waals surface area contributed by atoms with Crippen LogP contribution >= 0.6 is 0 Å². The van der Waals surface area contributed by atoms with Gasteiger partial charge in [-0.15, -0.1) is 0 Å². The normalized spacial score (nSPS) is 14.9. The number of alkyl halides is 3. The molecule has 29 heavy (non-hydrogen) atoms. The lowest BCUT2D eigenvalue weighted by Gasteiger charge is -2.25. The highest BCUT2D eigenvalue weighted by molar-refractivity contribution is 5.46. The fourth-order valence-corrected chi connectivity index (χ4v) is 2.96. The number of rotatable bonds is 5. The van der Waals surface area contributed by atoms with Crippen LogP contribution in [-0.4, -0.2) is 37.7 Å². The SMILES string of the molecule is NCc1cc(C#CCCN2CCOCC2)ccc1Oc1ccc(C(F)(F)F)cc1. The van der Waals surface area contributed by atoms with E-state index in [1.165, 1.54) is 12.1 Å². The van der Waals surface area contributed by atoms with Crippen LogP contribution in [0.3, 0.4) is 0 Å². The summed E-state index contributed by atoms with van der Waals surface area (Å²) < 4.78 is 49.0. The molecule has 0 spiro atoms. The minimum Gasteiger partial charge on any atom is -0.457 e. The summed E-state index contributed by atoms with van der Waals surface area (Å²) in [4.78, 5) is 2.32. The Bertz CT molecular complexity index is 864. The second kappa shape index (κ2) is 9.79. The Hall–Kier alpha value is -2.53. The van der Waals surface area contributed by atoms with Crippen molar-refractivity contribution in [2.45, 2.75) is 19.1 Å². The summed E-state index contributed by atoms with van der Waals surface area (Å²) in [7, 11) is 0. The maximum atomic E-state index is 12.7. The van der Waals surface area contributed by atoms with Crippen molar-refractivity contribution in [3.63, 3.8) is 0 Å². The summed E-state index contributed by atoms with van der Waals surface area (Å²) >= 11 is 0. The molecule has 4 nitrogen and oxygen atoms in total. The number of ether oxygens (including phenoxy) is 2. The molecule has 1 aliphatic rings. The third kappa shape index (κ3) is 6.23. The van der Waals surface area contributed by atoms with Crippen LogP contribution in [0.15, 0.2) is 42.5 Å². The van der Waals surface area contributed by atoms with Crippen molar-refractivity contribution in [2.24, 2.45) is 5.73 Å². The zero-order valence-corrected chi connectivity index (χ0v) is 16.0. The number of morpholine rings is 1. The number of benzene rings is 2. The summed E-state index contributed by atoms with van der Waals surface area (Å²) in [5, 5.41) is 0. The maximum absolute atomic E-state index is 12.7. The molecule has 0 saturated carbocycles. The molecule has 1 aliphatic heterocycles. The van der Waals surface area contributed by atoms with Crippen LogP contribution in [0.4, 0.5) is 13.2 Å². The number of nitrogens with two attached hydrogens (primary N) is 1. The molecule has 0 aromatic heterocycles. The molecule has 2 aromatic rings. The van der Waals surface area contributed by atoms with Crippen molar-refractivity contribution in [2.75, 3.05) is 32.8 Å².